The Balaban J connectivity index is 2.33. The van der Waals surface area contributed by atoms with Gasteiger partial charge in [0.25, 0.3) is 0 Å². The molecule has 2 N–H and O–H groups in total. The maximum Gasteiger partial charge on any atom is 0.0554 e. The summed E-state index contributed by atoms with van der Waals surface area (Å²) in [6.45, 7) is 8.79. The summed E-state index contributed by atoms with van der Waals surface area (Å²) in [5.74, 6) is 0.669. The van der Waals surface area contributed by atoms with Crippen molar-refractivity contribution in [1.82, 2.24) is 0 Å². The molecule has 0 spiro atoms. The zero-order valence-corrected chi connectivity index (χ0v) is 13.0. The molecule has 0 saturated carbocycles. The number of rotatable bonds is 4. The molecule has 1 unspecified atom stereocenters. The van der Waals surface area contributed by atoms with E-state index in [1.54, 1.807) is 0 Å². The first kappa shape index (κ1) is 14.8. The van der Waals surface area contributed by atoms with Crippen LogP contribution in [0.25, 0.3) is 0 Å². The second kappa shape index (κ2) is 6.23. The third-order valence-electron chi connectivity index (χ3n) is 3.94. The fraction of sp³-hybridized carbons (Fsp3) is 0.368. The van der Waals surface area contributed by atoms with Crippen molar-refractivity contribution in [1.29, 1.82) is 0 Å². The van der Waals surface area contributed by atoms with Crippen molar-refractivity contribution in [2.24, 2.45) is 11.7 Å². The third kappa shape index (κ3) is 3.29. The molecular formula is C19H25N. The van der Waals surface area contributed by atoms with Crippen LogP contribution >= 0.6 is 0 Å². The molecule has 1 atom stereocenters. The van der Waals surface area contributed by atoms with Crippen LogP contribution in [0.4, 0.5) is 0 Å². The van der Waals surface area contributed by atoms with Gasteiger partial charge in [0.05, 0.1) is 6.04 Å². The molecule has 0 radical (unpaired) electrons. The van der Waals surface area contributed by atoms with E-state index in [2.05, 4.69) is 70.2 Å². The Morgan fingerprint density at radius 2 is 1.70 bits per heavy atom. The van der Waals surface area contributed by atoms with Gasteiger partial charge >= 0.3 is 0 Å². The quantitative estimate of drug-likeness (QED) is 0.864. The number of hydrogen-bond donors (Lipinski definition) is 1. The van der Waals surface area contributed by atoms with Crippen molar-refractivity contribution in [3.63, 3.8) is 0 Å². The molecule has 0 aliphatic carbocycles. The topological polar surface area (TPSA) is 26.0 Å². The molecule has 1 nitrogen and oxygen atoms in total. The van der Waals surface area contributed by atoms with Gasteiger partial charge in [0.2, 0.25) is 0 Å². The first-order valence-electron chi connectivity index (χ1n) is 7.39. The lowest BCUT2D eigenvalue weighted by Crippen LogP contribution is -2.14. The predicted octanol–water partition coefficient (Wildman–Crippen LogP) is 4.55. The molecule has 0 aliphatic heterocycles. The van der Waals surface area contributed by atoms with Gasteiger partial charge in [-0.1, -0.05) is 56.3 Å². The SMILES string of the molecule is Cc1cccc(C(N)c2cccc(CC(C)C)c2)c1C. The van der Waals surface area contributed by atoms with Gasteiger partial charge in [0, 0.05) is 0 Å². The Kier molecular flexibility index (Phi) is 4.61. The second-order valence-corrected chi connectivity index (χ2v) is 6.11. The number of aryl methyl sites for hydroxylation is 1. The standard InChI is InChI=1S/C19H25N/c1-13(2)11-16-8-6-9-17(12-16)19(20)18-10-5-7-14(3)15(18)4/h5-10,12-13,19H,11,20H2,1-4H3. The van der Waals surface area contributed by atoms with Crippen LogP contribution in [0.15, 0.2) is 42.5 Å². The van der Waals surface area contributed by atoms with Gasteiger partial charge in [0.15, 0.2) is 0 Å². The Labute approximate surface area is 122 Å². The predicted molar refractivity (Wildman–Crippen MR) is 86.9 cm³/mol. The lowest BCUT2D eigenvalue weighted by Gasteiger charge is -2.18. The fourth-order valence-electron chi connectivity index (χ4n) is 2.68. The molecule has 0 aromatic heterocycles. The molecule has 0 heterocycles. The Hall–Kier alpha value is -1.60. The monoisotopic (exact) mass is 267 g/mol. The molecule has 0 aliphatic rings. The van der Waals surface area contributed by atoms with Crippen molar-refractivity contribution in [2.75, 3.05) is 0 Å². The van der Waals surface area contributed by atoms with E-state index >= 15 is 0 Å². The molecule has 20 heavy (non-hydrogen) atoms. The number of benzene rings is 2. The summed E-state index contributed by atoms with van der Waals surface area (Å²) < 4.78 is 0. The second-order valence-electron chi connectivity index (χ2n) is 6.11. The van der Waals surface area contributed by atoms with Gasteiger partial charge in [-0.3, -0.25) is 0 Å². The van der Waals surface area contributed by atoms with Gasteiger partial charge in [0.1, 0.15) is 0 Å². The summed E-state index contributed by atoms with van der Waals surface area (Å²) in [7, 11) is 0. The van der Waals surface area contributed by atoms with E-state index < -0.39 is 0 Å². The molecule has 0 saturated heterocycles. The molecule has 2 aromatic rings. The fourth-order valence-corrected chi connectivity index (χ4v) is 2.68. The van der Waals surface area contributed by atoms with Gasteiger partial charge in [-0.05, 0) is 54.0 Å². The minimum Gasteiger partial charge on any atom is -0.320 e. The summed E-state index contributed by atoms with van der Waals surface area (Å²) in [5.41, 5.74) is 12.9. The van der Waals surface area contributed by atoms with Crippen LogP contribution in [0.3, 0.4) is 0 Å². The molecular weight excluding hydrogens is 242 g/mol. The Bertz CT molecular complexity index is 584. The summed E-state index contributed by atoms with van der Waals surface area (Å²) in [5, 5.41) is 0. The highest BCUT2D eigenvalue weighted by molar-refractivity contribution is 5.41. The molecule has 0 amide bonds. The van der Waals surface area contributed by atoms with Crippen molar-refractivity contribution in [2.45, 2.75) is 40.2 Å². The minimum absolute atomic E-state index is 0.0398. The van der Waals surface area contributed by atoms with Crippen molar-refractivity contribution < 1.29 is 0 Å². The van der Waals surface area contributed by atoms with E-state index in [9.17, 15) is 0 Å². The molecule has 2 rings (SSSR count). The van der Waals surface area contributed by atoms with Crippen LogP contribution < -0.4 is 5.73 Å². The van der Waals surface area contributed by atoms with Crippen molar-refractivity contribution in [3.8, 4) is 0 Å². The summed E-state index contributed by atoms with van der Waals surface area (Å²) >= 11 is 0. The highest BCUT2D eigenvalue weighted by Gasteiger charge is 2.12. The van der Waals surface area contributed by atoms with E-state index in [1.165, 1.54) is 27.8 Å². The molecule has 0 fully saturated rings. The van der Waals surface area contributed by atoms with E-state index in [1.807, 2.05) is 0 Å². The van der Waals surface area contributed by atoms with Crippen molar-refractivity contribution >= 4 is 0 Å². The van der Waals surface area contributed by atoms with Crippen LogP contribution in [0, 0.1) is 19.8 Å². The molecule has 2 aromatic carbocycles. The van der Waals surface area contributed by atoms with Gasteiger partial charge in [-0.15, -0.1) is 0 Å². The van der Waals surface area contributed by atoms with Crippen LogP contribution in [0.5, 0.6) is 0 Å². The van der Waals surface area contributed by atoms with Gasteiger partial charge in [-0.2, -0.15) is 0 Å². The van der Waals surface area contributed by atoms with E-state index in [4.69, 9.17) is 5.73 Å². The molecule has 106 valence electrons. The zero-order valence-electron chi connectivity index (χ0n) is 13.0. The molecule has 1 heteroatoms. The minimum atomic E-state index is -0.0398. The first-order valence-corrected chi connectivity index (χ1v) is 7.39. The normalized spacial score (nSPS) is 12.7. The third-order valence-corrected chi connectivity index (χ3v) is 3.94. The average Bonchev–Trinajstić information content (AvgIpc) is 2.41. The average molecular weight is 267 g/mol. The maximum atomic E-state index is 6.49. The van der Waals surface area contributed by atoms with Gasteiger partial charge in [-0.25, -0.2) is 0 Å². The van der Waals surface area contributed by atoms with E-state index in [0.29, 0.717) is 5.92 Å². The lowest BCUT2D eigenvalue weighted by atomic mass is 9.91. The largest absolute Gasteiger partial charge is 0.320 e. The van der Waals surface area contributed by atoms with Crippen LogP contribution in [0.2, 0.25) is 0 Å². The van der Waals surface area contributed by atoms with Crippen LogP contribution in [-0.4, -0.2) is 0 Å². The Morgan fingerprint density at radius 3 is 2.40 bits per heavy atom. The van der Waals surface area contributed by atoms with Crippen LogP contribution in [-0.2, 0) is 6.42 Å². The highest BCUT2D eigenvalue weighted by Crippen LogP contribution is 2.25. The maximum absolute atomic E-state index is 6.49. The smallest absolute Gasteiger partial charge is 0.0554 e. The lowest BCUT2D eigenvalue weighted by molar-refractivity contribution is 0.646. The van der Waals surface area contributed by atoms with Crippen LogP contribution in [0.1, 0.15) is 47.7 Å². The van der Waals surface area contributed by atoms with E-state index in [-0.39, 0.29) is 6.04 Å². The molecule has 0 bridgehead atoms. The van der Waals surface area contributed by atoms with Gasteiger partial charge < -0.3 is 5.73 Å². The van der Waals surface area contributed by atoms with E-state index in [0.717, 1.165) is 6.42 Å². The summed E-state index contributed by atoms with van der Waals surface area (Å²) in [6.07, 6.45) is 1.10. The highest BCUT2D eigenvalue weighted by atomic mass is 14.6. The summed E-state index contributed by atoms with van der Waals surface area (Å²) in [4.78, 5) is 0. The number of nitrogens with two attached hydrogens (primary N) is 1. The van der Waals surface area contributed by atoms with Crippen molar-refractivity contribution in [3.05, 3.63) is 70.3 Å². The number of hydrogen-bond acceptors (Lipinski definition) is 1. The Morgan fingerprint density at radius 1 is 1.00 bits per heavy atom. The zero-order chi connectivity index (χ0) is 14.7. The summed E-state index contributed by atoms with van der Waals surface area (Å²) in [6, 6.07) is 15.0. The first-order chi connectivity index (χ1) is 9.49.